The van der Waals surface area contributed by atoms with E-state index < -0.39 is 0 Å². The zero-order valence-corrected chi connectivity index (χ0v) is 9.29. The van der Waals surface area contributed by atoms with Gasteiger partial charge >= 0.3 is 0 Å². The molecule has 1 heteroatoms. The highest BCUT2D eigenvalue weighted by molar-refractivity contribution is 4.84. The summed E-state index contributed by atoms with van der Waals surface area (Å²) in [7, 11) is 0. The van der Waals surface area contributed by atoms with Crippen LogP contribution >= 0.6 is 0 Å². The fourth-order valence-corrected chi connectivity index (χ4v) is 1.61. The van der Waals surface area contributed by atoms with Crippen molar-refractivity contribution in [1.82, 2.24) is 0 Å². The van der Waals surface area contributed by atoms with Crippen LogP contribution in [0.5, 0.6) is 0 Å². The quantitative estimate of drug-likeness (QED) is 0.600. The Morgan fingerprint density at radius 1 is 1.15 bits per heavy atom. The average molecular weight is 184 g/mol. The molecule has 0 aliphatic rings. The Kier molecular flexibility index (Phi) is 8.11. The lowest BCUT2D eigenvalue weighted by atomic mass is 9.92. The normalized spacial score (nSPS) is 16.3. The van der Waals surface area contributed by atoms with Crippen molar-refractivity contribution in [2.75, 3.05) is 0 Å². The maximum absolute atomic E-state index is 9.71. The monoisotopic (exact) mass is 184 g/mol. The van der Waals surface area contributed by atoms with Gasteiger partial charge in [0.15, 0.2) is 0 Å². The van der Waals surface area contributed by atoms with Crippen LogP contribution in [0.25, 0.3) is 0 Å². The Bertz CT molecular complexity index is 129. The van der Waals surface area contributed by atoms with E-state index in [4.69, 9.17) is 0 Å². The first kappa shape index (κ1) is 12.7. The molecule has 0 radical (unpaired) electrons. The molecule has 0 saturated carbocycles. The Morgan fingerprint density at radius 3 is 2.31 bits per heavy atom. The summed E-state index contributed by atoms with van der Waals surface area (Å²) in [4.78, 5) is 0. The number of allylic oxidation sites excluding steroid dienone is 2. The predicted octanol–water partition coefficient (Wildman–Crippen LogP) is 3.53. The van der Waals surface area contributed by atoms with E-state index in [1.54, 1.807) is 0 Å². The molecule has 0 aromatic carbocycles. The lowest BCUT2D eigenvalue weighted by Crippen LogP contribution is -2.18. The van der Waals surface area contributed by atoms with Gasteiger partial charge in [0.05, 0.1) is 6.10 Å². The third kappa shape index (κ3) is 5.87. The highest BCUT2D eigenvalue weighted by Gasteiger charge is 2.14. The van der Waals surface area contributed by atoms with E-state index >= 15 is 0 Å². The van der Waals surface area contributed by atoms with Crippen molar-refractivity contribution in [2.45, 2.75) is 59.0 Å². The molecule has 0 fully saturated rings. The van der Waals surface area contributed by atoms with E-state index in [1.807, 2.05) is 0 Å². The zero-order valence-electron chi connectivity index (χ0n) is 9.29. The SMILES string of the molecule is CCC=CCC(CCC)C(O)CC. The van der Waals surface area contributed by atoms with Crippen LogP contribution in [0.3, 0.4) is 0 Å². The van der Waals surface area contributed by atoms with Crippen molar-refractivity contribution in [3.05, 3.63) is 12.2 Å². The summed E-state index contributed by atoms with van der Waals surface area (Å²) in [6, 6.07) is 0. The molecule has 2 atom stereocenters. The van der Waals surface area contributed by atoms with Crippen LogP contribution in [-0.4, -0.2) is 11.2 Å². The third-order valence-electron chi connectivity index (χ3n) is 2.46. The van der Waals surface area contributed by atoms with Crippen molar-refractivity contribution in [3.63, 3.8) is 0 Å². The molecule has 0 rings (SSSR count). The number of aliphatic hydroxyl groups is 1. The van der Waals surface area contributed by atoms with E-state index in [0.717, 1.165) is 25.7 Å². The van der Waals surface area contributed by atoms with Crippen molar-refractivity contribution < 1.29 is 5.11 Å². The Hall–Kier alpha value is -0.300. The minimum atomic E-state index is -0.110. The Balaban J connectivity index is 3.85. The molecule has 0 saturated heterocycles. The molecule has 0 aliphatic heterocycles. The molecule has 2 unspecified atom stereocenters. The molecule has 1 N–H and O–H groups in total. The van der Waals surface area contributed by atoms with Crippen LogP contribution in [0.1, 0.15) is 52.9 Å². The van der Waals surface area contributed by atoms with E-state index in [2.05, 4.69) is 32.9 Å². The van der Waals surface area contributed by atoms with Crippen molar-refractivity contribution >= 4 is 0 Å². The van der Waals surface area contributed by atoms with Gasteiger partial charge in [-0.2, -0.15) is 0 Å². The van der Waals surface area contributed by atoms with Crippen LogP contribution in [0, 0.1) is 5.92 Å². The van der Waals surface area contributed by atoms with Crippen molar-refractivity contribution in [1.29, 1.82) is 0 Å². The van der Waals surface area contributed by atoms with Crippen molar-refractivity contribution in [2.24, 2.45) is 5.92 Å². The van der Waals surface area contributed by atoms with Crippen LogP contribution in [0.2, 0.25) is 0 Å². The molecule has 0 amide bonds. The lowest BCUT2D eigenvalue weighted by molar-refractivity contribution is 0.0993. The highest BCUT2D eigenvalue weighted by atomic mass is 16.3. The van der Waals surface area contributed by atoms with Gasteiger partial charge in [-0.25, -0.2) is 0 Å². The topological polar surface area (TPSA) is 20.2 Å². The third-order valence-corrected chi connectivity index (χ3v) is 2.46. The van der Waals surface area contributed by atoms with E-state index in [9.17, 15) is 5.11 Å². The second-order valence-electron chi connectivity index (χ2n) is 3.64. The minimum absolute atomic E-state index is 0.110. The van der Waals surface area contributed by atoms with Crippen LogP contribution in [-0.2, 0) is 0 Å². The molecule has 1 nitrogen and oxygen atoms in total. The van der Waals surface area contributed by atoms with Crippen LogP contribution in [0.15, 0.2) is 12.2 Å². The van der Waals surface area contributed by atoms with E-state index in [-0.39, 0.29) is 6.10 Å². The van der Waals surface area contributed by atoms with E-state index in [0.29, 0.717) is 5.92 Å². The molecule has 13 heavy (non-hydrogen) atoms. The molecule has 0 spiro atoms. The first-order chi connectivity index (χ1) is 6.26. The van der Waals surface area contributed by atoms with Gasteiger partial charge in [-0.15, -0.1) is 0 Å². The van der Waals surface area contributed by atoms with Gasteiger partial charge in [0.2, 0.25) is 0 Å². The van der Waals surface area contributed by atoms with Gasteiger partial charge in [-0.05, 0) is 31.6 Å². The molecule has 0 bridgehead atoms. The predicted molar refractivity (Wildman–Crippen MR) is 58.7 cm³/mol. The number of aliphatic hydroxyl groups excluding tert-OH is 1. The zero-order chi connectivity index (χ0) is 10.1. The van der Waals surface area contributed by atoms with E-state index in [1.165, 1.54) is 6.42 Å². The summed E-state index contributed by atoms with van der Waals surface area (Å²) in [6.07, 6.45) is 9.61. The first-order valence-corrected chi connectivity index (χ1v) is 5.59. The highest BCUT2D eigenvalue weighted by Crippen LogP contribution is 2.18. The summed E-state index contributed by atoms with van der Waals surface area (Å²) in [6.45, 7) is 6.37. The summed E-state index contributed by atoms with van der Waals surface area (Å²) in [5.74, 6) is 0.470. The fraction of sp³-hybridized carbons (Fsp3) is 0.833. The molecular weight excluding hydrogens is 160 g/mol. The molecule has 78 valence electrons. The Morgan fingerprint density at radius 2 is 1.85 bits per heavy atom. The van der Waals surface area contributed by atoms with Gasteiger partial charge < -0.3 is 5.11 Å². The maximum atomic E-state index is 9.71. The molecule has 0 aromatic heterocycles. The fourth-order valence-electron chi connectivity index (χ4n) is 1.61. The second-order valence-corrected chi connectivity index (χ2v) is 3.64. The summed E-state index contributed by atoms with van der Waals surface area (Å²) in [5, 5.41) is 9.71. The summed E-state index contributed by atoms with van der Waals surface area (Å²) < 4.78 is 0. The number of hydrogen-bond acceptors (Lipinski definition) is 1. The molecule has 0 aromatic rings. The van der Waals surface area contributed by atoms with Crippen LogP contribution < -0.4 is 0 Å². The molecular formula is C12H24O. The number of rotatable bonds is 7. The van der Waals surface area contributed by atoms with Gasteiger partial charge in [0, 0.05) is 0 Å². The van der Waals surface area contributed by atoms with Gasteiger partial charge in [-0.1, -0.05) is 39.3 Å². The van der Waals surface area contributed by atoms with Gasteiger partial charge in [0.25, 0.3) is 0 Å². The second kappa shape index (κ2) is 8.31. The Labute approximate surface area is 82.9 Å². The molecule has 0 heterocycles. The molecule has 0 aliphatic carbocycles. The van der Waals surface area contributed by atoms with Gasteiger partial charge in [-0.3, -0.25) is 0 Å². The van der Waals surface area contributed by atoms with Crippen molar-refractivity contribution in [3.8, 4) is 0 Å². The summed E-state index contributed by atoms with van der Waals surface area (Å²) in [5.41, 5.74) is 0. The summed E-state index contributed by atoms with van der Waals surface area (Å²) >= 11 is 0. The van der Waals surface area contributed by atoms with Crippen LogP contribution in [0.4, 0.5) is 0 Å². The maximum Gasteiger partial charge on any atom is 0.0568 e. The standard InChI is InChI=1S/C12H24O/c1-4-7-8-10-11(9-5-2)12(13)6-3/h7-8,11-13H,4-6,9-10H2,1-3H3. The largest absolute Gasteiger partial charge is 0.393 e. The lowest BCUT2D eigenvalue weighted by Gasteiger charge is -2.19. The first-order valence-electron chi connectivity index (χ1n) is 5.59. The van der Waals surface area contributed by atoms with Gasteiger partial charge in [0.1, 0.15) is 0 Å². The minimum Gasteiger partial charge on any atom is -0.393 e. The smallest absolute Gasteiger partial charge is 0.0568 e. The average Bonchev–Trinajstić information content (AvgIpc) is 2.16. The number of hydrogen-bond donors (Lipinski definition) is 1.